The molecule has 1 aromatic carbocycles. The van der Waals surface area contributed by atoms with Crippen molar-refractivity contribution < 1.29 is 9.90 Å². The summed E-state index contributed by atoms with van der Waals surface area (Å²) in [6, 6.07) is 6.60. The molecule has 1 aliphatic heterocycles. The quantitative estimate of drug-likeness (QED) is 0.644. The molecule has 110 valence electrons. The molecule has 0 fully saturated rings. The molecule has 0 saturated heterocycles. The number of phenols is 1. The zero-order valence-corrected chi connectivity index (χ0v) is 12.3. The van der Waals surface area contributed by atoms with Gasteiger partial charge in [-0.3, -0.25) is 10.2 Å². The lowest BCUT2D eigenvalue weighted by molar-refractivity contribution is -0.112. The van der Waals surface area contributed by atoms with Crippen molar-refractivity contribution in [2.75, 3.05) is 0 Å². The van der Waals surface area contributed by atoms with Gasteiger partial charge in [0.05, 0.1) is 12.6 Å². The Hall–Kier alpha value is -2.50. The van der Waals surface area contributed by atoms with E-state index >= 15 is 0 Å². The van der Waals surface area contributed by atoms with Gasteiger partial charge in [-0.1, -0.05) is 20.8 Å². The third-order valence-corrected chi connectivity index (χ3v) is 2.87. The van der Waals surface area contributed by atoms with Gasteiger partial charge in [0.1, 0.15) is 11.5 Å². The lowest BCUT2D eigenvalue weighted by atomic mass is 9.86. The summed E-state index contributed by atoms with van der Waals surface area (Å²) in [7, 11) is 0. The van der Waals surface area contributed by atoms with Crippen LogP contribution in [-0.4, -0.2) is 28.7 Å². The number of hydrazone groups is 1. The van der Waals surface area contributed by atoms with Gasteiger partial charge in [0.2, 0.25) is 0 Å². The van der Waals surface area contributed by atoms with Crippen molar-refractivity contribution in [2.24, 2.45) is 20.7 Å². The average molecular weight is 286 g/mol. The van der Waals surface area contributed by atoms with Gasteiger partial charge >= 0.3 is 0 Å². The van der Waals surface area contributed by atoms with E-state index in [0.29, 0.717) is 11.5 Å². The molecule has 6 nitrogen and oxygen atoms in total. The van der Waals surface area contributed by atoms with Crippen LogP contribution in [0, 0.1) is 5.41 Å². The van der Waals surface area contributed by atoms with Crippen LogP contribution in [0.25, 0.3) is 0 Å². The molecule has 21 heavy (non-hydrogen) atoms. The Labute approximate surface area is 123 Å². The first-order chi connectivity index (χ1) is 9.86. The van der Waals surface area contributed by atoms with Crippen molar-refractivity contribution in [1.82, 2.24) is 5.43 Å². The van der Waals surface area contributed by atoms with E-state index in [0.717, 1.165) is 5.56 Å². The van der Waals surface area contributed by atoms with Gasteiger partial charge in [-0.05, 0) is 29.8 Å². The molecular formula is C15H18N4O2. The maximum atomic E-state index is 12.0. The van der Waals surface area contributed by atoms with Gasteiger partial charge in [0.15, 0.2) is 11.6 Å². The first-order valence-corrected chi connectivity index (χ1v) is 6.62. The minimum absolute atomic E-state index is 0.0418. The summed E-state index contributed by atoms with van der Waals surface area (Å²) in [6.45, 7) is 5.79. The Morgan fingerprint density at radius 1 is 1.24 bits per heavy atom. The molecule has 1 heterocycles. The van der Waals surface area contributed by atoms with Crippen molar-refractivity contribution in [3.63, 3.8) is 0 Å². The topological polar surface area (TPSA) is 86.4 Å². The second-order valence-electron chi connectivity index (χ2n) is 5.81. The number of benzene rings is 1. The number of hydrogen-bond donors (Lipinski definition) is 2. The summed E-state index contributed by atoms with van der Waals surface area (Å²) in [5, 5.41) is 21.2. The SMILES string of the molecule is CC(C)(C)C1=NN=C(N/N=C/c2ccc(O)cc2)CC1=O. The predicted octanol–water partition coefficient (Wildman–Crippen LogP) is 2.09. The highest BCUT2D eigenvalue weighted by Crippen LogP contribution is 2.20. The summed E-state index contributed by atoms with van der Waals surface area (Å²) >= 11 is 0. The zero-order chi connectivity index (χ0) is 15.5. The molecule has 0 amide bonds. The fraction of sp³-hybridized carbons (Fsp3) is 0.333. The van der Waals surface area contributed by atoms with Gasteiger partial charge in [-0.2, -0.15) is 5.10 Å². The van der Waals surface area contributed by atoms with Crippen LogP contribution in [0.15, 0.2) is 39.6 Å². The minimum Gasteiger partial charge on any atom is -0.508 e. The molecule has 0 atom stereocenters. The molecule has 0 bridgehead atoms. The Kier molecular flexibility index (Phi) is 4.16. The number of phenolic OH excluding ortho intramolecular Hbond substituents is 1. The van der Waals surface area contributed by atoms with Gasteiger partial charge in [-0.25, -0.2) is 0 Å². The summed E-state index contributed by atoms with van der Waals surface area (Å²) in [5.74, 6) is 0.578. The van der Waals surface area contributed by atoms with Crippen molar-refractivity contribution >= 4 is 23.5 Å². The molecule has 0 aromatic heterocycles. The minimum atomic E-state index is -0.304. The summed E-state index contributed by atoms with van der Waals surface area (Å²) in [5.41, 5.74) is 3.72. The van der Waals surface area contributed by atoms with E-state index in [1.807, 2.05) is 20.8 Å². The highest BCUT2D eigenvalue weighted by Gasteiger charge is 2.29. The Morgan fingerprint density at radius 3 is 2.48 bits per heavy atom. The number of rotatable bonds is 2. The highest BCUT2D eigenvalue weighted by atomic mass is 16.3. The fourth-order valence-electron chi connectivity index (χ4n) is 1.81. The molecule has 0 saturated carbocycles. The molecular weight excluding hydrogens is 268 g/mol. The smallest absolute Gasteiger partial charge is 0.187 e. The molecule has 1 aliphatic rings. The number of nitrogens with zero attached hydrogens (tertiary/aromatic N) is 3. The Balaban J connectivity index is 2.02. The Bertz CT molecular complexity index is 622. The standard InChI is InChI=1S/C15H18N4O2/c1-15(2,3)14-12(21)8-13(18-19-14)17-16-9-10-4-6-11(20)7-5-10/h4-7,9,20H,8H2,1-3H3,(H,17,18)/b16-9+. The maximum absolute atomic E-state index is 12.0. The number of aromatic hydroxyl groups is 1. The lowest BCUT2D eigenvalue weighted by Gasteiger charge is -2.21. The van der Waals surface area contributed by atoms with Crippen molar-refractivity contribution in [1.29, 1.82) is 0 Å². The average Bonchev–Trinajstić information content (AvgIpc) is 2.40. The van der Waals surface area contributed by atoms with E-state index < -0.39 is 0 Å². The van der Waals surface area contributed by atoms with Crippen LogP contribution in [0.4, 0.5) is 0 Å². The predicted molar refractivity (Wildman–Crippen MR) is 82.8 cm³/mol. The first kappa shape index (κ1) is 14.9. The summed E-state index contributed by atoms with van der Waals surface area (Å²) in [4.78, 5) is 12.0. The molecule has 0 aliphatic carbocycles. The van der Waals surface area contributed by atoms with Crippen LogP contribution >= 0.6 is 0 Å². The van der Waals surface area contributed by atoms with Crippen LogP contribution in [0.3, 0.4) is 0 Å². The molecule has 0 unspecified atom stereocenters. The third kappa shape index (κ3) is 3.98. The number of hydrogen-bond acceptors (Lipinski definition) is 6. The van der Waals surface area contributed by atoms with Crippen LogP contribution in [0.2, 0.25) is 0 Å². The maximum Gasteiger partial charge on any atom is 0.187 e. The van der Waals surface area contributed by atoms with Gasteiger partial charge in [0, 0.05) is 5.41 Å². The van der Waals surface area contributed by atoms with Gasteiger partial charge in [0.25, 0.3) is 0 Å². The monoisotopic (exact) mass is 286 g/mol. The first-order valence-electron chi connectivity index (χ1n) is 6.62. The number of ketones is 1. The van der Waals surface area contributed by atoms with Gasteiger partial charge in [-0.15, -0.1) is 10.2 Å². The second kappa shape index (κ2) is 5.87. The number of nitrogens with one attached hydrogen (secondary N) is 1. The molecule has 0 radical (unpaired) electrons. The van der Waals surface area contributed by atoms with E-state index in [1.54, 1.807) is 30.5 Å². The largest absolute Gasteiger partial charge is 0.508 e. The molecule has 2 N–H and O–H groups in total. The van der Waals surface area contributed by atoms with E-state index in [1.165, 1.54) is 0 Å². The fourth-order valence-corrected chi connectivity index (χ4v) is 1.81. The number of Topliss-reactive ketones (excluding diaryl/α,β-unsaturated/α-hetero) is 1. The summed E-state index contributed by atoms with van der Waals surface area (Å²) < 4.78 is 0. The molecule has 6 heteroatoms. The Morgan fingerprint density at radius 2 is 1.90 bits per heavy atom. The molecule has 1 aromatic rings. The van der Waals surface area contributed by atoms with E-state index in [2.05, 4.69) is 20.7 Å². The van der Waals surface area contributed by atoms with Crippen molar-refractivity contribution in [2.45, 2.75) is 27.2 Å². The highest BCUT2D eigenvalue weighted by molar-refractivity contribution is 6.45. The lowest BCUT2D eigenvalue weighted by Crippen LogP contribution is -2.35. The van der Waals surface area contributed by atoms with Crippen LogP contribution < -0.4 is 5.43 Å². The third-order valence-electron chi connectivity index (χ3n) is 2.87. The second-order valence-corrected chi connectivity index (χ2v) is 5.81. The van der Waals surface area contributed by atoms with Crippen LogP contribution in [0.1, 0.15) is 32.8 Å². The van der Waals surface area contributed by atoms with E-state index in [4.69, 9.17) is 0 Å². The van der Waals surface area contributed by atoms with Crippen LogP contribution in [0.5, 0.6) is 5.75 Å². The normalized spacial score (nSPS) is 15.9. The van der Waals surface area contributed by atoms with E-state index in [9.17, 15) is 9.90 Å². The van der Waals surface area contributed by atoms with Crippen LogP contribution in [-0.2, 0) is 4.79 Å². The molecule has 2 rings (SSSR count). The van der Waals surface area contributed by atoms with Gasteiger partial charge < -0.3 is 5.11 Å². The summed E-state index contributed by atoms with van der Waals surface area (Å²) in [6.07, 6.45) is 1.75. The number of carbonyl (C=O) groups excluding carboxylic acids is 1. The number of amidine groups is 1. The van der Waals surface area contributed by atoms with Crippen molar-refractivity contribution in [3.8, 4) is 5.75 Å². The number of carbonyl (C=O) groups is 1. The van der Waals surface area contributed by atoms with Crippen molar-refractivity contribution in [3.05, 3.63) is 29.8 Å². The zero-order valence-electron chi connectivity index (χ0n) is 12.3. The molecule has 0 spiro atoms. The van der Waals surface area contributed by atoms with E-state index in [-0.39, 0.29) is 23.4 Å².